The van der Waals surface area contributed by atoms with Crippen molar-refractivity contribution in [3.63, 3.8) is 0 Å². The van der Waals surface area contributed by atoms with Gasteiger partial charge in [-0.25, -0.2) is 24.9 Å². The van der Waals surface area contributed by atoms with E-state index in [4.69, 9.17) is 29.3 Å². The number of thiophene rings is 1. The van der Waals surface area contributed by atoms with E-state index in [9.17, 15) is 0 Å². The first-order chi connectivity index (χ1) is 24.8. The van der Waals surface area contributed by atoms with Crippen LogP contribution in [0.15, 0.2) is 156 Å². The predicted octanol–water partition coefficient (Wildman–Crippen LogP) is 11.3. The Morgan fingerprint density at radius 2 is 1.02 bits per heavy atom. The highest BCUT2D eigenvalue weighted by Crippen LogP contribution is 2.41. The topological polar surface area (TPSA) is 77.6 Å². The molecule has 234 valence electrons. The second-order valence-corrected chi connectivity index (χ2v) is 13.1. The molecule has 10 aromatic rings. The molecular weight excluding hydrogens is 635 g/mol. The van der Waals surface area contributed by atoms with Crippen LogP contribution < -0.4 is 0 Å². The highest BCUT2D eigenvalue weighted by Gasteiger charge is 2.20. The summed E-state index contributed by atoms with van der Waals surface area (Å²) in [6, 6.07) is 51.1. The van der Waals surface area contributed by atoms with Gasteiger partial charge in [-0.2, -0.15) is 0 Å². The Morgan fingerprint density at radius 3 is 1.72 bits per heavy atom. The Kier molecular flexibility index (Phi) is 6.57. The molecule has 6 aromatic carbocycles. The van der Waals surface area contributed by atoms with Crippen molar-refractivity contribution >= 4 is 53.6 Å². The van der Waals surface area contributed by atoms with E-state index in [-0.39, 0.29) is 0 Å². The minimum atomic E-state index is 0.593. The van der Waals surface area contributed by atoms with E-state index in [0.717, 1.165) is 71.1 Å². The van der Waals surface area contributed by atoms with Crippen LogP contribution in [0.25, 0.3) is 99.1 Å². The first kappa shape index (κ1) is 28.4. The Morgan fingerprint density at radius 1 is 0.420 bits per heavy atom. The molecule has 0 aliphatic rings. The summed E-state index contributed by atoms with van der Waals surface area (Å²) in [5, 5.41) is 3.06. The summed E-state index contributed by atoms with van der Waals surface area (Å²) in [5.74, 6) is 2.46. The predicted molar refractivity (Wildman–Crippen MR) is 203 cm³/mol. The van der Waals surface area contributed by atoms with Crippen LogP contribution in [-0.2, 0) is 0 Å². The lowest BCUT2D eigenvalue weighted by Gasteiger charge is -2.08. The third-order valence-corrected chi connectivity index (χ3v) is 10.1. The van der Waals surface area contributed by atoms with Crippen molar-refractivity contribution in [1.82, 2.24) is 24.9 Å². The smallest absolute Gasteiger partial charge is 0.164 e. The molecule has 0 spiro atoms. The second-order valence-electron chi connectivity index (χ2n) is 12.1. The molecule has 4 aromatic heterocycles. The van der Waals surface area contributed by atoms with Crippen molar-refractivity contribution in [3.8, 4) is 56.8 Å². The van der Waals surface area contributed by atoms with Crippen molar-refractivity contribution in [3.05, 3.63) is 152 Å². The summed E-state index contributed by atoms with van der Waals surface area (Å²) >= 11 is 1.73. The van der Waals surface area contributed by atoms with Gasteiger partial charge in [0.25, 0.3) is 0 Å². The van der Waals surface area contributed by atoms with E-state index < -0.39 is 0 Å². The highest BCUT2D eigenvalue weighted by molar-refractivity contribution is 7.26. The van der Waals surface area contributed by atoms with E-state index in [1.165, 1.54) is 4.70 Å². The van der Waals surface area contributed by atoms with Gasteiger partial charge >= 0.3 is 0 Å². The van der Waals surface area contributed by atoms with E-state index in [2.05, 4.69) is 48.5 Å². The molecule has 0 fully saturated rings. The van der Waals surface area contributed by atoms with Gasteiger partial charge in [-0.1, -0.05) is 121 Å². The van der Waals surface area contributed by atoms with Gasteiger partial charge in [0.1, 0.15) is 11.2 Å². The van der Waals surface area contributed by atoms with E-state index >= 15 is 0 Å². The van der Waals surface area contributed by atoms with Crippen LogP contribution in [0.2, 0.25) is 0 Å². The molecule has 6 nitrogen and oxygen atoms in total. The number of furan rings is 1. The Hall–Kier alpha value is -6.57. The SMILES string of the molecule is c1ccc(-c2nc(-c3ccccc3)nc(-c3ccc4oc5c(-c6nc(-c7ccccc7)c7sc8ccccc8c7n6)cccc5c4c3)n2)cc1. The molecule has 4 heterocycles. The van der Waals surface area contributed by atoms with Gasteiger partial charge < -0.3 is 4.42 Å². The molecule has 0 saturated carbocycles. The zero-order valence-electron chi connectivity index (χ0n) is 26.5. The minimum absolute atomic E-state index is 0.593. The van der Waals surface area contributed by atoms with Crippen LogP contribution in [-0.4, -0.2) is 24.9 Å². The van der Waals surface area contributed by atoms with Crippen molar-refractivity contribution in [2.45, 2.75) is 0 Å². The fourth-order valence-electron chi connectivity index (χ4n) is 6.55. The molecule has 0 bridgehead atoms. The number of hydrogen-bond acceptors (Lipinski definition) is 7. The zero-order valence-corrected chi connectivity index (χ0v) is 27.3. The maximum atomic E-state index is 6.61. The molecule has 0 radical (unpaired) electrons. The van der Waals surface area contributed by atoms with Gasteiger partial charge in [0.05, 0.1) is 21.5 Å². The van der Waals surface area contributed by atoms with Gasteiger partial charge in [0, 0.05) is 43.1 Å². The maximum absolute atomic E-state index is 6.61. The monoisotopic (exact) mass is 659 g/mol. The molecule has 0 aliphatic carbocycles. The first-order valence-corrected chi connectivity index (χ1v) is 17.2. The Balaban J connectivity index is 1.16. The van der Waals surface area contributed by atoms with Crippen molar-refractivity contribution in [2.75, 3.05) is 0 Å². The molecule has 50 heavy (non-hydrogen) atoms. The lowest BCUT2D eigenvalue weighted by Crippen LogP contribution is -2.00. The standard InChI is InChI=1S/C43H25N5OS/c1-4-13-26(14-5-1)36-39-37(31-19-10-11-22-35(31)50-39)45-43(44-36)32-21-12-20-30-33-25-29(23-24-34(33)49-38(30)32)42-47-40(27-15-6-2-7-16-27)46-41(48-42)28-17-8-3-9-18-28/h1-25H. The van der Waals surface area contributed by atoms with Crippen LogP contribution in [0, 0.1) is 0 Å². The minimum Gasteiger partial charge on any atom is -0.455 e. The van der Waals surface area contributed by atoms with Crippen LogP contribution in [0.3, 0.4) is 0 Å². The second kappa shape index (κ2) is 11.5. The summed E-state index contributed by atoms with van der Waals surface area (Å²) in [6.45, 7) is 0. The molecule has 10 rings (SSSR count). The van der Waals surface area contributed by atoms with Crippen LogP contribution in [0.5, 0.6) is 0 Å². The third kappa shape index (κ3) is 4.75. The van der Waals surface area contributed by atoms with E-state index in [0.29, 0.717) is 23.3 Å². The summed E-state index contributed by atoms with van der Waals surface area (Å²) in [6.07, 6.45) is 0. The van der Waals surface area contributed by atoms with Crippen molar-refractivity contribution in [1.29, 1.82) is 0 Å². The lowest BCUT2D eigenvalue weighted by molar-refractivity contribution is 0.669. The maximum Gasteiger partial charge on any atom is 0.164 e. The zero-order chi connectivity index (χ0) is 33.0. The van der Waals surface area contributed by atoms with Crippen LogP contribution in [0.4, 0.5) is 0 Å². The quantitative estimate of drug-likeness (QED) is 0.183. The number of aromatic nitrogens is 5. The fourth-order valence-corrected chi connectivity index (χ4v) is 7.71. The molecule has 0 unspecified atom stereocenters. The average molecular weight is 660 g/mol. The molecule has 0 saturated heterocycles. The summed E-state index contributed by atoms with van der Waals surface area (Å²) in [4.78, 5) is 25.2. The van der Waals surface area contributed by atoms with E-state index in [1.807, 2.05) is 103 Å². The normalized spacial score (nSPS) is 11.6. The number of fused-ring (bicyclic) bond motifs is 6. The molecule has 7 heteroatoms. The molecular formula is C43H25N5OS. The van der Waals surface area contributed by atoms with Gasteiger partial charge in [-0.3, -0.25) is 0 Å². The van der Waals surface area contributed by atoms with Gasteiger partial charge in [0.15, 0.2) is 23.3 Å². The van der Waals surface area contributed by atoms with E-state index in [1.54, 1.807) is 11.3 Å². The van der Waals surface area contributed by atoms with Crippen LogP contribution in [0.1, 0.15) is 0 Å². The Bertz CT molecular complexity index is 2810. The number of hydrogen-bond donors (Lipinski definition) is 0. The van der Waals surface area contributed by atoms with Gasteiger partial charge in [-0.05, 0) is 30.3 Å². The lowest BCUT2D eigenvalue weighted by atomic mass is 10.1. The third-order valence-electron chi connectivity index (χ3n) is 8.96. The number of rotatable bonds is 5. The molecule has 0 N–H and O–H groups in total. The van der Waals surface area contributed by atoms with Gasteiger partial charge in [0.2, 0.25) is 0 Å². The molecule has 0 amide bonds. The van der Waals surface area contributed by atoms with Crippen LogP contribution >= 0.6 is 11.3 Å². The highest BCUT2D eigenvalue weighted by atomic mass is 32.1. The van der Waals surface area contributed by atoms with Crippen molar-refractivity contribution < 1.29 is 4.42 Å². The summed E-state index contributed by atoms with van der Waals surface area (Å²) in [5.41, 5.74) is 7.99. The summed E-state index contributed by atoms with van der Waals surface area (Å²) in [7, 11) is 0. The number of benzene rings is 6. The summed E-state index contributed by atoms with van der Waals surface area (Å²) < 4.78 is 8.87. The number of para-hydroxylation sites is 1. The number of nitrogens with zero attached hydrogens (tertiary/aromatic N) is 5. The largest absolute Gasteiger partial charge is 0.455 e. The first-order valence-electron chi connectivity index (χ1n) is 16.3. The fraction of sp³-hybridized carbons (Fsp3) is 0. The molecule has 0 atom stereocenters. The Labute approximate surface area is 290 Å². The van der Waals surface area contributed by atoms with Crippen molar-refractivity contribution in [2.24, 2.45) is 0 Å². The average Bonchev–Trinajstić information content (AvgIpc) is 3.76. The molecule has 0 aliphatic heterocycles. The van der Waals surface area contributed by atoms with Gasteiger partial charge in [-0.15, -0.1) is 11.3 Å².